The van der Waals surface area contributed by atoms with Gasteiger partial charge in [-0.15, -0.1) is 11.8 Å². The van der Waals surface area contributed by atoms with Crippen LogP contribution in [0, 0.1) is 5.92 Å². The molecule has 3 nitrogen and oxygen atoms in total. The Morgan fingerprint density at radius 2 is 2.14 bits per heavy atom. The number of amides is 1. The number of benzene rings is 1. The first kappa shape index (κ1) is 16.4. The van der Waals surface area contributed by atoms with Gasteiger partial charge in [0.25, 0.3) is 0 Å². The van der Waals surface area contributed by atoms with E-state index >= 15 is 0 Å². The first-order chi connectivity index (χ1) is 9.99. The molecule has 0 radical (unpaired) electrons. The molecule has 1 aliphatic rings. The average Bonchev–Trinajstić information content (AvgIpc) is 2.45. The number of hydrogen-bond acceptors (Lipinski definition) is 3. The number of rotatable bonds is 5. The molecule has 3 N–H and O–H groups in total. The molecule has 1 aromatic rings. The Morgan fingerprint density at radius 1 is 1.43 bits per heavy atom. The van der Waals surface area contributed by atoms with Crippen molar-refractivity contribution in [2.45, 2.75) is 55.2 Å². The molecule has 0 spiro atoms. The number of nitrogens with two attached hydrogens (primary N) is 1. The SMILES string of the molecule is CC(CNC(=O)C1CCCCC1(C)N)Sc1ccccc1. The van der Waals surface area contributed by atoms with E-state index in [0.717, 1.165) is 25.7 Å². The van der Waals surface area contributed by atoms with Crippen molar-refractivity contribution in [2.24, 2.45) is 11.7 Å². The number of carbonyl (C=O) groups excluding carboxylic acids is 1. The summed E-state index contributed by atoms with van der Waals surface area (Å²) in [6.07, 6.45) is 4.11. The highest BCUT2D eigenvalue weighted by Gasteiger charge is 2.37. The number of thioether (sulfide) groups is 1. The fourth-order valence-corrected chi connectivity index (χ4v) is 3.88. The van der Waals surface area contributed by atoms with Gasteiger partial charge in [-0.1, -0.05) is 38.0 Å². The largest absolute Gasteiger partial charge is 0.355 e. The minimum absolute atomic E-state index is 0.0415. The predicted octanol–water partition coefficient (Wildman–Crippen LogP) is 3.19. The predicted molar refractivity (Wildman–Crippen MR) is 89.3 cm³/mol. The summed E-state index contributed by atoms with van der Waals surface area (Å²) in [6, 6.07) is 10.3. The molecule has 0 heterocycles. The van der Waals surface area contributed by atoms with E-state index < -0.39 is 0 Å². The number of carbonyl (C=O) groups is 1. The van der Waals surface area contributed by atoms with E-state index in [1.165, 1.54) is 4.90 Å². The summed E-state index contributed by atoms with van der Waals surface area (Å²) in [5, 5.41) is 3.44. The third kappa shape index (κ3) is 4.75. The summed E-state index contributed by atoms with van der Waals surface area (Å²) in [4.78, 5) is 13.6. The van der Waals surface area contributed by atoms with Gasteiger partial charge in [-0.05, 0) is 31.9 Å². The molecule has 0 bridgehead atoms. The average molecular weight is 306 g/mol. The Hall–Kier alpha value is -1.00. The lowest BCUT2D eigenvalue weighted by Gasteiger charge is -2.37. The minimum Gasteiger partial charge on any atom is -0.355 e. The van der Waals surface area contributed by atoms with Gasteiger partial charge in [0, 0.05) is 22.2 Å². The second kappa shape index (κ2) is 7.32. The second-order valence-corrected chi connectivity index (χ2v) is 7.80. The van der Waals surface area contributed by atoms with E-state index in [0.29, 0.717) is 11.8 Å². The first-order valence-corrected chi connectivity index (χ1v) is 8.65. The summed E-state index contributed by atoms with van der Waals surface area (Å²) in [5.41, 5.74) is 5.94. The molecule has 2 rings (SSSR count). The summed E-state index contributed by atoms with van der Waals surface area (Å²) >= 11 is 1.79. The molecule has 1 saturated carbocycles. The zero-order valence-electron chi connectivity index (χ0n) is 13.0. The highest BCUT2D eigenvalue weighted by molar-refractivity contribution is 8.00. The highest BCUT2D eigenvalue weighted by atomic mass is 32.2. The minimum atomic E-state index is -0.349. The zero-order chi connectivity index (χ0) is 15.3. The molecule has 3 unspecified atom stereocenters. The lowest BCUT2D eigenvalue weighted by Crippen LogP contribution is -2.53. The van der Waals surface area contributed by atoms with Crippen molar-refractivity contribution in [2.75, 3.05) is 6.54 Å². The Kier molecular flexibility index (Phi) is 5.71. The van der Waals surface area contributed by atoms with E-state index in [1.54, 1.807) is 11.8 Å². The maximum Gasteiger partial charge on any atom is 0.224 e. The normalized spacial score (nSPS) is 27.1. The van der Waals surface area contributed by atoms with E-state index in [9.17, 15) is 4.79 Å². The van der Waals surface area contributed by atoms with Gasteiger partial charge in [0.2, 0.25) is 5.91 Å². The molecule has 0 aromatic heterocycles. The fraction of sp³-hybridized carbons (Fsp3) is 0.588. The Labute approximate surface area is 132 Å². The van der Waals surface area contributed by atoms with Gasteiger partial charge in [0.05, 0.1) is 5.92 Å². The van der Waals surface area contributed by atoms with Crippen LogP contribution in [-0.2, 0) is 4.79 Å². The smallest absolute Gasteiger partial charge is 0.224 e. The summed E-state index contributed by atoms with van der Waals surface area (Å²) in [7, 11) is 0. The zero-order valence-corrected chi connectivity index (χ0v) is 13.8. The molecule has 116 valence electrons. The van der Waals surface area contributed by atoms with Gasteiger partial charge in [-0.25, -0.2) is 0 Å². The standard InChI is InChI=1S/C17H26N2OS/c1-13(21-14-8-4-3-5-9-14)12-19-16(20)15-10-6-7-11-17(15,2)18/h3-5,8-9,13,15H,6-7,10-12,18H2,1-2H3,(H,19,20). The van der Waals surface area contributed by atoms with Crippen LogP contribution in [0.3, 0.4) is 0 Å². The molecule has 1 fully saturated rings. The maximum absolute atomic E-state index is 12.4. The van der Waals surface area contributed by atoms with Gasteiger partial charge < -0.3 is 11.1 Å². The van der Waals surface area contributed by atoms with Crippen LogP contribution in [0.15, 0.2) is 35.2 Å². The third-order valence-electron chi connectivity index (χ3n) is 4.22. The molecule has 0 saturated heterocycles. The lowest BCUT2D eigenvalue weighted by molar-refractivity contribution is -0.128. The van der Waals surface area contributed by atoms with Gasteiger partial charge in [0.1, 0.15) is 0 Å². The number of nitrogens with one attached hydrogen (secondary N) is 1. The third-order valence-corrected chi connectivity index (χ3v) is 5.33. The molecule has 1 aromatic carbocycles. The monoisotopic (exact) mass is 306 g/mol. The van der Waals surface area contributed by atoms with E-state index in [2.05, 4.69) is 24.4 Å². The second-order valence-electron chi connectivity index (χ2n) is 6.29. The van der Waals surface area contributed by atoms with Crippen molar-refractivity contribution >= 4 is 17.7 Å². The van der Waals surface area contributed by atoms with Gasteiger partial charge in [-0.3, -0.25) is 4.79 Å². The molecular formula is C17H26N2OS. The van der Waals surface area contributed by atoms with Crippen molar-refractivity contribution in [3.8, 4) is 0 Å². The van der Waals surface area contributed by atoms with Crippen LogP contribution in [0.4, 0.5) is 0 Å². The molecule has 1 amide bonds. The number of hydrogen-bond donors (Lipinski definition) is 2. The van der Waals surface area contributed by atoms with Crippen LogP contribution in [0.2, 0.25) is 0 Å². The van der Waals surface area contributed by atoms with Crippen LogP contribution in [0.5, 0.6) is 0 Å². The van der Waals surface area contributed by atoms with Gasteiger partial charge in [0.15, 0.2) is 0 Å². The Balaban J connectivity index is 1.80. The van der Waals surface area contributed by atoms with Crippen LogP contribution in [-0.4, -0.2) is 23.2 Å². The maximum atomic E-state index is 12.4. The molecule has 4 heteroatoms. The van der Waals surface area contributed by atoms with Crippen molar-refractivity contribution < 1.29 is 4.79 Å². The van der Waals surface area contributed by atoms with E-state index in [4.69, 9.17) is 5.73 Å². The first-order valence-electron chi connectivity index (χ1n) is 7.77. The fourth-order valence-electron chi connectivity index (χ4n) is 2.93. The molecule has 21 heavy (non-hydrogen) atoms. The highest BCUT2D eigenvalue weighted by Crippen LogP contribution is 2.31. The van der Waals surface area contributed by atoms with Crippen LogP contribution < -0.4 is 11.1 Å². The van der Waals surface area contributed by atoms with Crippen LogP contribution in [0.25, 0.3) is 0 Å². The molecule has 3 atom stereocenters. The Morgan fingerprint density at radius 3 is 2.81 bits per heavy atom. The van der Waals surface area contributed by atoms with Crippen LogP contribution in [0.1, 0.15) is 39.5 Å². The van der Waals surface area contributed by atoms with E-state index in [1.807, 2.05) is 25.1 Å². The van der Waals surface area contributed by atoms with Gasteiger partial charge >= 0.3 is 0 Å². The lowest BCUT2D eigenvalue weighted by atomic mass is 9.74. The van der Waals surface area contributed by atoms with Crippen LogP contribution >= 0.6 is 11.8 Å². The summed E-state index contributed by atoms with van der Waals surface area (Å²) in [5.74, 6) is 0.0837. The molecule has 1 aliphatic carbocycles. The van der Waals surface area contributed by atoms with Crippen molar-refractivity contribution in [1.29, 1.82) is 0 Å². The molecular weight excluding hydrogens is 280 g/mol. The molecule has 0 aliphatic heterocycles. The summed E-state index contributed by atoms with van der Waals surface area (Å²) < 4.78 is 0. The summed E-state index contributed by atoms with van der Waals surface area (Å²) in [6.45, 7) is 4.84. The topological polar surface area (TPSA) is 55.1 Å². The van der Waals surface area contributed by atoms with Crippen molar-refractivity contribution in [1.82, 2.24) is 5.32 Å². The van der Waals surface area contributed by atoms with Crippen molar-refractivity contribution in [3.63, 3.8) is 0 Å². The quantitative estimate of drug-likeness (QED) is 0.821. The van der Waals surface area contributed by atoms with Gasteiger partial charge in [-0.2, -0.15) is 0 Å². The van der Waals surface area contributed by atoms with Crippen molar-refractivity contribution in [3.05, 3.63) is 30.3 Å². The van der Waals surface area contributed by atoms with E-state index in [-0.39, 0.29) is 17.4 Å². The Bertz CT molecular complexity index is 461.